The Bertz CT molecular complexity index is 729. The maximum atomic E-state index is 13.0. The van der Waals surface area contributed by atoms with Crippen LogP contribution in [0.1, 0.15) is 36.2 Å². The summed E-state index contributed by atoms with van der Waals surface area (Å²) in [7, 11) is 0. The van der Waals surface area contributed by atoms with Crippen molar-refractivity contribution >= 4 is 17.7 Å². The molecule has 4 rings (SSSR count). The first kappa shape index (κ1) is 15.6. The van der Waals surface area contributed by atoms with Crippen LogP contribution in [0.5, 0.6) is 5.75 Å². The van der Waals surface area contributed by atoms with Gasteiger partial charge in [0.15, 0.2) is 11.4 Å². The molecule has 1 N–H and O–H groups in total. The minimum absolute atomic E-state index is 0.0468. The maximum absolute atomic E-state index is 13.0. The van der Waals surface area contributed by atoms with Gasteiger partial charge in [-0.3, -0.25) is 4.79 Å². The SMILES string of the molecule is O=C(c1nn(-c2ccccc2)cc1O)N1CCS[C@H]2CCCC[C@@H]21. The van der Waals surface area contributed by atoms with Crippen molar-refractivity contribution in [1.82, 2.24) is 14.7 Å². The average Bonchev–Trinajstić information content (AvgIpc) is 3.03. The van der Waals surface area contributed by atoms with Gasteiger partial charge in [-0.15, -0.1) is 0 Å². The number of aromatic nitrogens is 2. The largest absolute Gasteiger partial charge is 0.504 e. The van der Waals surface area contributed by atoms with Crippen LogP contribution in [-0.4, -0.2) is 49.3 Å². The Labute approximate surface area is 145 Å². The lowest BCUT2D eigenvalue weighted by atomic mass is 9.93. The van der Waals surface area contributed by atoms with Gasteiger partial charge in [0.2, 0.25) is 0 Å². The second kappa shape index (κ2) is 6.51. The number of rotatable bonds is 2. The number of hydrogen-bond donors (Lipinski definition) is 1. The molecular weight excluding hydrogens is 322 g/mol. The normalized spacial score (nSPS) is 23.8. The molecule has 2 fully saturated rings. The monoisotopic (exact) mass is 343 g/mol. The number of aromatic hydroxyl groups is 1. The van der Waals surface area contributed by atoms with E-state index in [1.54, 1.807) is 4.68 Å². The molecule has 1 amide bonds. The fourth-order valence-electron chi connectivity index (χ4n) is 3.71. The van der Waals surface area contributed by atoms with Crippen molar-refractivity contribution in [3.05, 3.63) is 42.2 Å². The van der Waals surface area contributed by atoms with Gasteiger partial charge >= 0.3 is 0 Å². The van der Waals surface area contributed by atoms with Crippen molar-refractivity contribution < 1.29 is 9.90 Å². The molecule has 1 aliphatic heterocycles. The molecule has 2 aliphatic rings. The van der Waals surface area contributed by atoms with Gasteiger partial charge < -0.3 is 10.0 Å². The molecule has 1 saturated heterocycles. The van der Waals surface area contributed by atoms with Gasteiger partial charge in [0, 0.05) is 23.6 Å². The summed E-state index contributed by atoms with van der Waals surface area (Å²) in [5.41, 5.74) is 0.992. The van der Waals surface area contributed by atoms with E-state index in [0.717, 1.165) is 24.4 Å². The summed E-state index contributed by atoms with van der Waals surface area (Å²) in [5.74, 6) is 0.779. The summed E-state index contributed by atoms with van der Waals surface area (Å²) in [6, 6.07) is 9.82. The Morgan fingerprint density at radius 3 is 2.83 bits per heavy atom. The van der Waals surface area contributed by atoms with E-state index in [9.17, 15) is 9.90 Å². The van der Waals surface area contributed by atoms with Gasteiger partial charge in [0.1, 0.15) is 0 Å². The zero-order valence-corrected chi connectivity index (χ0v) is 14.3. The summed E-state index contributed by atoms with van der Waals surface area (Å²) in [4.78, 5) is 14.9. The van der Waals surface area contributed by atoms with E-state index in [2.05, 4.69) is 5.10 Å². The Hall–Kier alpha value is -1.95. The van der Waals surface area contributed by atoms with E-state index >= 15 is 0 Å². The van der Waals surface area contributed by atoms with Crippen LogP contribution in [0.4, 0.5) is 0 Å². The number of nitrogens with zero attached hydrogens (tertiary/aromatic N) is 3. The number of hydrogen-bond acceptors (Lipinski definition) is 4. The lowest BCUT2D eigenvalue weighted by molar-refractivity contribution is 0.0637. The number of amides is 1. The van der Waals surface area contributed by atoms with Crippen LogP contribution in [0.15, 0.2) is 36.5 Å². The third-order valence-electron chi connectivity index (χ3n) is 4.91. The quantitative estimate of drug-likeness (QED) is 0.910. The Kier molecular flexibility index (Phi) is 4.22. The van der Waals surface area contributed by atoms with Crippen molar-refractivity contribution in [3.63, 3.8) is 0 Å². The second-order valence-electron chi connectivity index (χ2n) is 6.40. The predicted octanol–water partition coefficient (Wildman–Crippen LogP) is 3.08. The van der Waals surface area contributed by atoms with Gasteiger partial charge in [-0.25, -0.2) is 4.68 Å². The third-order valence-corrected chi connectivity index (χ3v) is 6.31. The Balaban J connectivity index is 1.61. The number of para-hydroxylation sites is 1. The molecule has 0 unspecified atom stereocenters. The van der Waals surface area contributed by atoms with Crippen molar-refractivity contribution in [2.45, 2.75) is 37.0 Å². The van der Waals surface area contributed by atoms with Gasteiger partial charge in [-0.05, 0) is 25.0 Å². The first-order valence-electron chi connectivity index (χ1n) is 8.50. The molecule has 0 radical (unpaired) electrons. The van der Waals surface area contributed by atoms with Crippen molar-refractivity contribution in [3.8, 4) is 11.4 Å². The van der Waals surface area contributed by atoms with E-state index in [-0.39, 0.29) is 23.4 Å². The van der Waals surface area contributed by atoms with Gasteiger partial charge in [0.05, 0.1) is 11.9 Å². The summed E-state index contributed by atoms with van der Waals surface area (Å²) >= 11 is 1.99. The zero-order valence-electron chi connectivity index (χ0n) is 13.5. The maximum Gasteiger partial charge on any atom is 0.278 e. The highest BCUT2D eigenvalue weighted by molar-refractivity contribution is 8.00. The lowest BCUT2D eigenvalue weighted by Crippen LogP contribution is -2.51. The van der Waals surface area contributed by atoms with Crippen molar-refractivity contribution in [2.24, 2.45) is 0 Å². The standard InChI is InChI=1S/C18H21N3O2S/c22-15-12-21(13-6-2-1-3-7-13)19-17(15)18(23)20-10-11-24-16-9-5-4-8-14(16)20/h1-3,6-7,12,14,16,22H,4-5,8-11H2/t14-,16-/m0/s1. The first-order valence-corrected chi connectivity index (χ1v) is 9.55. The molecule has 24 heavy (non-hydrogen) atoms. The average molecular weight is 343 g/mol. The molecule has 2 aromatic rings. The lowest BCUT2D eigenvalue weighted by Gasteiger charge is -2.43. The fraction of sp³-hybridized carbons (Fsp3) is 0.444. The molecule has 1 saturated carbocycles. The van der Waals surface area contributed by atoms with Gasteiger partial charge in [-0.2, -0.15) is 16.9 Å². The van der Waals surface area contributed by atoms with Crippen LogP contribution in [0.3, 0.4) is 0 Å². The molecule has 1 aromatic heterocycles. The smallest absolute Gasteiger partial charge is 0.278 e. The van der Waals surface area contributed by atoms with Gasteiger partial charge in [-0.1, -0.05) is 31.0 Å². The minimum Gasteiger partial charge on any atom is -0.504 e. The highest BCUT2D eigenvalue weighted by Gasteiger charge is 2.38. The van der Waals surface area contributed by atoms with E-state index in [1.165, 1.54) is 25.5 Å². The Morgan fingerprint density at radius 2 is 2.00 bits per heavy atom. The van der Waals surface area contributed by atoms with Crippen LogP contribution in [0, 0.1) is 0 Å². The van der Waals surface area contributed by atoms with E-state index in [1.807, 2.05) is 47.0 Å². The van der Waals surface area contributed by atoms with Crippen LogP contribution in [0.25, 0.3) is 5.69 Å². The second-order valence-corrected chi connectivity index (χ2v) is 7.75. The van der Waals surface area contributed by atoms with Crippen LogP contribution in [-0.2, 0) is 0 Å². The predicted molar refractivity (Wildman–Crippen MR) is 94.8 cm³/mol. The molecule has 0 spiro atoms. The van der Waals surface area contributed by atoms with Crippen molar-refractivity contribution in [1.29, 1.82) is 0 Å². The molecule has 1 aliphatic carbocycles. The Morgan fingerprint density at radius 1 is 1.21 bits per heavy atom. The fourth-order valence-corrected chi connectivity index (χ4v) is 5.16. The summed E-state index contributed by atoms with van der Waals surface area (Å²) in [6.45, 7) is 0.738. The molecule has 2 atom stereocenters. The first-order chi connectivity index (χ1) is 11.7. The number of benzene rings is 1. The molecule has 0 bridgehead atoms. The van der Waals surface area contributed by atoms with Crippen LogP contribution < -0.4 is 0 Å². The number of fused-ring (bicyclic) bond motifs is 1. The number of thioether (sulfide) groups is 1. The molecule has 6 heteroatoms. The third kappa shape index (κ3) is 2.79. The van der Waals surface area contributed by atoms with E-state index in [4.69, 9.17) is 0 Å². The highest BCUT2D eigenvalue weighted by Crippen LogP contribution is 2.36. The number of carbonyl (C=O) groups excluding carboxylic acids is 1. The van der Waals surface area contributed by atoms with E-state index in [0.29, 0.717) is 5.25 Å². The van der Waals surface area contributed by atoms with Crippen LogP contribution >= 0.6 is 11.8 Å². The minimum atomic E-state index is -0.139. The highest BCUT2D eigenvalue weighted by atomic mass is 32.2. The zero-order chi connectivity index (χ0) is 16.5. The molecule has 2 heterocycles. The summed E-state index contributed by atoms with van der Waals surface area (Å²) < 4.78 is 1.57. The van der Waals surface area contributed by atoms with Crippen molar-refractivity contribution in [2.75, 3.05) is 12.3 Å². The molecule has 1 aromatic carbocycles. The summed E-state index contributed by atoms with van der Waals surface area (Å²) in [5, 5.41) is 15.2. The molecule has 5 nitrogen and oxygen atoms in total. The van der Waals surface area contributed by atoms with E-state index < -0.39 is 0 Å². The summed E-state index contributed by atoms with van der Waals surface area (Å²) in [6.07, 6.45) is 6.19. The topological polar surface area (TPSA) is 58.4 Å². The van der Waals surface area contributed by atoms with Gasteiger partial charge in [0.25, 0.3) is 5.91 Å². The molecular formula is C18H21N3O2S. The molecule has 126 valence electrons. The van der Waals surface area contributed by atoms with Crippen LogP contribution in [0.2, 0.25) is 0 Å². The number of carbonyl (C=O) groups is 1.